The molecule has 0 unspecified atom stereocenters. The van der Waals surface area contributed by atoms with Crippen LogP contribution in [0.5, 0.6) is 23.0 Å². The molecule has 0 saturated heterocycles. The molecule has 162 valence electrons. The molecule has 2 aromatic carbocycles. The van der Waals surface area contributed by atoms with Gasteiger partial charge in [-0.3, -0.25) is 4.79 Å². The lowest BCUT2D eigenvalue weighted by molar-refractivity contribution is -0.142. The predicted octanol–water partition coefficient (Wildman–Crippen LogP) is 3.30. The Morgan fingerprint density at radius 3 is 2.20 bits per heavy atom. The second-order valence-corrected chi connectivity index (χ2v) is 7.56. The summed E-state index contributed by atoms with van der Waals surface area (Å²) in [6, 6.07) is 7.48. The smallest absolute Gasteiger partial charge is 0.343 e. The van der Waals surface area contributed by atoms with Crippen LogP contribution in [0.15, 0.2) is 30.3 Å². The zero-order chi connectivity index (χ0) is 22.3. The summed E-state index contributed by atoms with van der Waals surface area (Å²) in [7, 11) is 1.23. The summed E-state index contributed by atoms with van der Waals surface area (Å²) in [6.45, 7) is 3.66. The van der Waals surface area contributed by atoms with Crippen molar-refractivity contribution in [2.75, 3.05) is 13.7 Å². The number of carbonyl (C=O) groups excluding carboxylic acids is 2. The first kappa shape index (κ1) is 23.1. The highest BCUT2D eigenvalue weighted by Gasteiger charge is 2.22. The molecule has 0 atom stereocenters. The number of Topliss-reactive ketones (excluding diaryl/α,β-unsaturated/α-hetero) is 1. The highest BCUT2D eigenvalue weighted by Crippen LogP contribution is 2.40. The molecular weight excluding hydrogens is 388 g/mol. The van der Waals surface area contributed by atoms with E-state index in [2.05, 4.69) is 4.74 Å². The minimum Gasteiger partial charge on any atom is -0.508 e. The topological polar surface area (TPSA) is 113 Å². The van der Waals surface area contributed by atoms with Gasteiger partial charge in [0.25, 0.3) is 0 Å². The second kappa shape index (κ2) is 10.5. The van der Waals surface area contributed by atoms with Crippen LogP contribution in [0.25, 0.3) is 0 Å². The number of esters is 1. The van der Waals surface area contributed by atoms with Gasteiger partial charge < -0.3 is 24.8 Å². The Morgan fingerprint density at radius 1 is 0.967 bits per heavy atom. The maximum absolute atomic E-state index is 12.6. The van der Waals surface area contributed by atoms with Crippen molar-refractivity contribution in [1.29, 1.82) is 0 Å². The molecule has 0 aromatic heterocycles. The van der Waals surface area contributed by atoms with Crippen molar-refractivity contribution in [1.82, 2.24) is 0 Å². The first-order valence-corrected chi connectivity index (χ1v) is 9.77. The summed E-state index contributed by atoms with van der Waals surface area (Å²) in [5.41, 5.74) is 1.38. The zero-order valence-electron chi connectivity index (χ0n) is 17.5. The van der Waals surface area contributed by atoms with Crippen LogP contribution in [0.1, 0.15) is 37.0 Å². The van der Waals surface area contributed by atoms with Crippen molar-refractivity contribution in [2.24, 2.45) is 5.92 Å². The first-order valence-electron chi connectivity index (χ1n) is 9.77. The van der Waals surface area contributed by atoms with Gasteiger partial charge in [0, 0.05) is 30.0 Å². The second-order valence-electron chi connectivity index (χ2n) is 7.56. The number of phenols is 3. The first-order chi connectivity index (χ1) is 14.2. The van der Waals surface area contributed by atoms with E-state index in [1.165, 1.54) is 25.3 Å². The standard InChI is InChI=1S/C23H28O7/c1-14(2)4-9-18-20(26)12-21(27)19(23(18)30-13-22(28)29-3)11-17(25)10-15-5-7-16(24)8-6-15/h5-8,12,14,24,26-27H,4,9-11,13H2,1-3H3. The number of rotatable bonds is 10. The van der Waals surface area contributed by atoms with Crippen molar-refractivity contribution >= 4 is 11.8 Å². The van der Waals surface area contributed by atoms with E-state index in [9.17, 15) is 24.9 Å². The summed E-state index contributed by atoms with van der Waals surface area (Å²) in [5, 5.41) is 30.1. The molecule has 0 radical (unpaired) electrons. The summed E-state index contributed by atoms with van der Waals surface area (Å²) in [4.78, 5) is 24.2. The van der Waals surface area contributed by atoms with Crippen LogP contribution in [0.4, 0.5) is 0 Å². The third-order valence-corrected chi connectivity index (χ3v) is 4.69. The summed E-state index contributed by atoms with van der Waals surface area (Å²) in [6.07, 6.45) is 1.16. The van der Waals surface area contributed by atoms with Crippen LogP contribution in [-0.2, 0) is 33.6 Å². The van der Waals surface area contributed by atoms with Gasteiger partial charge in [-0.15, -0.1) is 0 Å². The van der Waals surface area contributed by atoms with E-state index < -0.39 is 12.6 Å². The molecule has 7 nitrogen and oxygen atoms in total. The molecular formula is C23H28O7. The Bertz CT molecular complexity index is 885. The molecule has 3 N–H and O–H groups in total. The number of methoxy groups -OCH3 is 1. The Hall–Kier alpha value is -3.22. The summed E-state index contributed by atoms with van der Waals surface area (Å²) < 4.78 is 10.2. The third kappa shape index (κ3) is 6.40. The number of benzene rings is 2. The van der Waals surface area contributed by atoms with Crippen molar-refractivity contribution in [3.8, 4) is 23.0 Å². The van der Waals surface area contributed by atoms with E-state index in [0.29, 0.717) is 23.5 Å². The van der Waals surface area contributed by atoms with Crippen LogP contribution in [0.2, 0.25) is 0 Å². The number of hydrogen-bond donors (Lipinski definition) is 3. The summed E-state index contributed by atoms with van der Waals surface area (Å²) in [5.74, 6) is -0.643. The average molecular weight is 416 g/mol. The van der Waals surface area contributed by atoms with E-state index in [1.54, 1.807) is 12.1 Å². The maximum atomic E-state index is 12.6. The molecule has 30 heavy (non-hydrogen) atoms. The van der Waals surface area contributed by atoms with Crippen LogP contribution >= 0.6 is 0 Å². The van der Waals surface area contributed by atoms with Gasteiger partial charge in [0.1, 0.15) is 28.8 Å². The van der Waals surface area contributed by atoms with Gasteiger partial charge in [-0.1, -0.05) is 26.0 Å². The molecule has 0 aliphatic rings. The van der Waals surface area contributed by atoms with Crippen molar-refractivity contribution < 1.29 is 34.4 Å². The SMILES string of the molecule is COC(=O)COc1c(CCC(C)C)c(O)cc(O)c1CC(=O)Cc1ccc(O)cc1. The van der Waals surface area contributed by atoms with E-state index in [1.807, 2.05) is 13.8 Å². The molecule has 0 heterocycles. The van der Waals surface area contributed by atoms with Crippen molar-refractivity contribution in [3.05, 3.63) is 47.0 Å². The minimum atomic E-state index is -0.617. The van der Waals surface area contributed by atoms with Crippen molar-refractivity contribution in [3.63, 3.8) is 0 Å². The van der Waals surface area contributed by atoms with Crippen LogP contribution in [-0.4, -0.2) is 40.8 Å². The van der Waals surface area contributed by atoms with Gasteiger partial charge in [0.15, 0.2) is 6.61 Å². The molecule has 7 heteroatoms. The maximum Gasteiger partial charge on any atom is 0.343 e. The number of ether oxygens (including phenoxy) is 2. The van der Waals surface area contributed by atoms with Gasteiger partial charge in [0.05, 0.1) is 7.11 Å². The number of carbonyl (C=O) groups is 2. The molecule has 0 bridgehead atoms. The van der Waals surface area contributed by atoms with E-state index in [4.69, 9.17) is 4.74 Å². The molecule has 0 saturated carbocycles. The highest BCUT2D eigenvalue weighted by molar-refractivity contribution is 5.85. The normalized spacial score (nSPS) is 10.8. The van der Waals surface area contributed by atoms with Gasteiger partial charge in [-0.2, -0.15) is 0 Å². The van der Waals surface area contributed by atoms with Crippen LogP contribution in [0, 0.1) is 5.92 Å². The largest absolute Gasteiger partial charge is 0.508 e. The molecule has 0 spiro atoms. The molecule has 0 aliphatic carbocycles. The molecule has 0 aliphatic heterocycles. The summed E-state index contributed by atoms with van der Waals surface area (Å²) >= 11 is 0. The number of phenolic OH excluding ortho intramolecular Hbond substituents is 3. The fourth-order valence-corrected chi connectivity index (χ4v) is 3.03. The van der Waals surface area contributed by atoms with E-state index in [0.717, 1.165) is 6.42 Å². The third-order valence-electron chi connectivity index (χ3n) is 4.69. The Kier molecular flexibility index (Phi) is 8.09. The van der Waals surface area contributed by atoms with E-state index in [-0.39, 0.29) is 47.2 Å². The number of hydrogen-bond acceptors (Lipinski definition) is 7. The monoisotopic (exact) mass is 416 g/mol. The fourth-order valence-electron chi connectivity index (χ4n) is 3.03. The van der Waals surface area contributed by atoms with Crippen LogP contribution in [0.3, 0.4) is 0 Å². The Balaban J connectivity index is 2.34. The lowest BCUT2D eigenvalue weighted by Crippen LogP contribution is -2.16. The lowest BCUT2D eigenvalue weighted by atomic mass is 9.95. The Labute approximate surface area is 175 Å². The van der Waals surface area contributed by atoms with Crippen LogP contribution < -0.4 is 4.74 Å². The molecule has 2 rings (SSSR count). The fraction of sp³-hybridized carbons (Fsp3) is 0.391. The van der Waals surface area contributed by atoms with Gasteiger partial charge >= 0.3 is 5.97 Å². The van der Waals surface area contributed by atoms with Gasteiger partial charge in [-0.05, 0) is 36.5 Å². The Morgan fingerprint density at radius 2 is 1.60 bits per heavy atom. The van der Waals surface area contributed by atoms with Crippen molar-refractivity contribution in [2.45, 2.75) is 39.5 Å². The molecule has 0 fully saturated rings. The minimum absolute atomic E-state index is 0.0956. The molecule has 0 amide bonds. The van der Waals surface area contributed by atoms with E-state index >= 15 is 0 Å². The van der Waals surface area contributed by atoms with Gasteiger partial charge in [0.2, 0.25) is 0 Å². The predicted molar refractivity (Wildman–Crippen MR) is 111 cm³/mol. The number of ketones is 1. The lowest BCUT2D eigenvalue weighted by Gasteiger charge is -2.18. The quantitative estimate of drug-likeness (QED) is 0.509. The highest BCUT2D eigenvalue weighted by atomic mass is 16.6. The average Bonchev–Trinajstić information content (AvgIpc) is 2.69. The van der Waals surface area contributed by atoms with Gasteiger partial charge in [-0.25, -0.2) is 4.79 Å². The number of aromatic hydroxyl groups is 3. The zero-order valence-corrected chi connectivity index (χ0v) is 17.5. The molecule has 2 aromatic rings.